The second-order valence-corrected chi connectivity index (χ2v) is 3.29. The van der Waals surface area contributed by atoms with Gasteiger partial charge >= 0.3 is 0 Å². The van der Waals surface area contributed by atoms with E-state index in [1.165, 1.54) is 4.90 Å². The summed E-state index contributed by atoms with van der Waals surface area (Å²) < 4.78 is 0. The van der Waals surface area contributed by atoms with Gasteiger partial charge in [-0.3, -0.25) is 0 Å². The molecule has 12 heavy (non-hydrogen) atoms. The average molecular weight is 182 g/mol. The van der Waals surface area contributed by atoms with Gasteiger partial charge in [0.25, 0.3) is 0 Å². The van der Waals surface area contributed by atoms with Gasteiger partial charge in [-0.05, 0) is 24.5 Å². The van der Waals surface area contributed by atoms with E-state index in [0.717, 1.165) is 11.4 Å². The van der Waals surface area contributed by atoms with Crippen LogP contribution in [-0.2, 0) is 0 Å². The molecule has 0 aliphatic rings. The smallest absolute Gasteiger partial charge is 0.0584 e. The summed E-state index contributed by atoms with van der Waals surface area (Å²) in [7, 11) is 3.86. The van der Waals surface area contributed by atoms with E-state index in [0.29, 0.717) is 0 Å². The third-order valence-corrected chi connectivity index (χ3v) is 2.49. The van der Waals surface area contributed by atoms with Crippen molar-refractivity contribution in [1.82, 2.24) is 0 Å². The first-order valence-corrected chi connectivity index (χ1v) is 5.08. The van der Waals surface area contributed by atoms with Crippen molar-refractivity contribution >= 4 is 23.1 Å². The molecule has 3 heteroatoms. The van der Waals surface area contributed by atoms with Crippen LogP contribution in [0.3, 0.4) is 0 Å². The van der Waals surface area contributed by atoms with Crippen LogP contribution in [0.15, 0.2) is 23.1 Å². The Morgan fingerprint density at radius 1 is 1.08 bits per heavy atom. The van der Waals surface area contributed by atoms with Crippen LogP contribution in [0.2, 0.25) is 0 Å². The number of hydrogen-bond acceptors (Lipinski definition) is 3. The van der Waals surface area contributed by atoms with E-state index in [2.05, 4.69) is 35.1 Å². The molecular weight excluding hydrogens is 168 g/mol. The van der Waals surface area contributed by atoms with Crippen molar-refractivity contribution < 1.29 is 0 Å². The third kappa shape index (κ3) is 1.85. The Labute approximate surface area is 77.7 Å². The van der Waals surface area contributed by atoms with Crippen molar-refractivity contribution in [3.05, 3.63) is 18.2 Å². The van der Waals surface area contributed by atoms with Gasteiger partial charge in [-0.25, -0.2) is 0 Å². The first kappa shape index (κ1) is 9.26. The van der Waals surface area contributed by atoms with Crippen LogP contribution in [0.25, 0.3) is 0 Å². The van der Waals surface area contributed by atoms with E-state index in [9.17, 15) is 0 Å². The Hall–Kier alpha value is -0.830. The Balaban J connectivity index is 3.02. The number of thioether (sulfide) groups is 1. The molecule has 1 rings (SSSR count). The molecule has 0 saturated heterocycles. The van der Waals surface area contributed by atoms with Crippen molar-refractivity contribution in [3.63, 3.8) is 0 Å². The van der Waals surface area contributed by atoms with E-state index in [4.69, 9.17) is 0 Å². The average Bonchev–Trinajstić information content (AvgIpc) is 2.16. The number of benzene rings is 1. The maximum Gasteiger partial charge on any atom is 0.0584 e. The normalized spacial score (nSPS) is 9.58. The van der Waals surface area contributed by atoms with Gasteiger partial charge in [0.2, 0.25) is 0 Å². The minimum atomic E-state index is 1.13. The Bertz CT molecular complexity index is 261. The Kier molecular flexibility index (Phi) is 3.29. The first-order chi connectivity index (χ1) is 5.81. The molecule has 0 spiro atoms. The summed E-state index contributed by atoms with van der Waals surface area (Å²) in [6.45, 7) is 0. The molecule has 1 aromatic carbocycles. The fourth-order valence-corrected chi connectivity index (χ4v) is 1.52. The molecule has 0 heterocycles. The maximum absolute atomic E-state index is 3.15. The number of rotatable bonds is 3. The minimum Gasteiger partial charge on any atom is -0.386 e. The summed E-state index contributed by atoms with van der Waals surface area (Å²) in [5.41, 5.74) is 2.28. The van der Waals surface area contributed by atoms with Crippen molar-refractivity contribution in [1.29, 1.82) is 0 Å². The minimum absolute atomic E-state index is 1.13. The molecule has 0 amide bonds. The topological polar surface area (TPSA) is 24.1 Å². The molecular formula is C9H14N2S. The molecule has 1 aromatic rings. The summed E-state index contributed by atoms with van der Waals surface area (Å²) in [6.07, 6.45) is 2.08. The van der Waals surface area contributed by atoms with Crippen LogP contribution in [0, 0.1) is 0 Å². The lowest BCUT2D eigenvalue weighted by Crippen LogP contribution is -1.96. The zero-order chi connectivity index (χ0) is 8.97. The van der Waals surface area contributed by atoms with Gasteiger partial charge in [0.1, 0.15) is 0 Å². The quantitative estimate of drug-likeness (QED) is 0.702. The molecule has 66 valence electrons. The molecule has 2 N–H and O–H groups in total. The Morgan fingerprint density at radius 2 is 1.75 bits per heavy atom. The molecule has 0 unspecified atom stereocenters. The number of anilines is 2. The van der Waals surface area contributed by atoms with Crippen LogP contribution in [0.5, 0.6) is 0 Å². The zero-order valence-corrected chi connectivity index (χ0v) is 8.46. The van der Waals surface area contributed by atoms with Crippen molar-refractivity contribution in [2.24, 2.45) is 0 Å². The summed E-state index contributed by atoms with van der Waals surface area (Å²) in [6, 6.07) is 6.32. The predicted octanol–water partition coefficient (Wildman–Crippen LogP) is 2.49. The summed E-state index contributed by atoms with van der Waals surface area (Å²) >= 11 is 1.75. The molecule has 0 radical (unpaired) electrons. The van der Waals surface area contributed by atoms with Crippen LogP contribution in [0.1, 0.15) is 0 Å². The number of hydrogen-bond donors (Lipinski definition) is 2. The van der Waals surface area contributed by atoms with Gasteiger partial charge in [-0.2, -0.15) is 0 Å². The zero-order valence-electron chi connectivity index (χ0n) is 7.64. The summed E-state index contributed by atoms with van der Waals surface area (Å²) in [5, 5.41) is 6.27. The molecule has 0 aliphatic heterocycles. The Morgan fingerprint density at radius 3 is 2.25 bits per heavy atom. The van der Waals surface area contributed by atoms with Crippen LogP contribution in [0.4, 0.5) is 11.4 Å². The van der Waals surface area contributed by atoms with E-state index in [1.54, 1.807) is 11.8 Å². The van der Waals surface area contributed by atoms with Gasteiger partial charge in [0, 0.05) is 19.0 Å². The third-order valence-electron chi connectivity index (χ3n) is 1.77. The second kappa shape index (κ2) is 4.26. The van der Waals surface area contributed by atoms with Crippen LogP contribution >= 0.6 is 11.8 Å². The molecule has 0 aromatic heterocycles. The standard InChI is InChI=1S/C9H14N2S/c1-10-8-5-4-7(12-3)6-9(8)11-2/h4-6,10-11H,1-3H3. The lowest BCUT2D eigenvalue weighted by Gasteiger charge is -2.09. The molecule has 0 atom stereocenters. The van der Waals surface area contributed by atoms with E-state index < -0.39 is 0 Å². The van der Waals surface area contributed by atoms with Gasteiger partial charge in [-0.1, -0.05) is 0 Å². The van der Waals surface area contributed by atoms with Gasteiger partial charge in [0.05, 0.1) is 11.4 Å². The van der Waals surface area contributed by atoms with E-state index in [1.807, 2.05) is 14.1 Å². The van der Waals surface area contributed by atoms with Crippen LogP contribution in [-0.4, -0.2) is 20.4 Å². The maximum atomic E-state index is 3.15. The highest BCUT2D eigenvalue weighted by Crippen LogP contribution is 2.26. The highest BCUT2D eigenvalue weighted by atomic mass is 32.2. The molecule has 0 fully saturated rings. The van der Waals surface area contributed by atoms with Gasteiger partial charge in [0.15, 0.2) is 0 Å². The molecule has 0 bridgehead atoms. The largest absolute Gasteiger partial charge is 0.386 e. The van der Waals surface area contributed by atoms with Crippen molar-refractivity contribution in [3.8, 4) is 0 Å². The highest BCUT2D eigenvalue weighted by molar-refractivity contribution is 7.98. The fourth-order valence-electron chi connectivity index (χ4n) is 1.08. The summed E-state index contributed by atoms with van der Waals surface area (Å²) in [4.78, 5) is 1.28. The molecule has 0 aliphatic carbocycles. The van der Waals surface area contributed by atoms with Crippen molar-refractivity contribution in [2.75, 3.05) is 31.0 Å². The van der Waals surface area contributed by atoms with Crippen LogP contribution < -0.4 is 10.6 Å². The van der Waals surface area contributed by atoms with Crippen molar-refractivity contribution in [2.45, 2.75) is 4.90 Å². The number of nitrogens with one attached hydrogen (secondary N) is 2. The first-order valence-electron chi connectivity index (χ1n) is 3.85. The second-order valence-electron chi connectivity index (χ2n) is 2.41. The summed E-state index contributed by atoms with van der Waals surface area (Å²) in [5.74, 6) is 0. The lowest BCUT2D eigenvalue weighted by molar-refractivity contribution is 1.38. The predicted molar refractivity (Wildman–Crippen MR) is 57.3 cm³/mol. The van der Waals surface area contributed by atoms with Gasteiger partial charge in [-0.15, -0.1) is 11.8 Å². The lowest BCUT2D eigenvalue weighted by atomic mass is 10.2. The fraction of sp³-hybridized carbons (Fsp3) is 0.333. The van der Waals surface area contributed by atoms with E-state index in [-0.39, 0.29) is 0 Å². The van der Waals surface area contributed by atoms with E-state index >= 15 is 0 Å². The SMILES string of the molecule is CNc1ccc(SC)cc1NC. The monoisotopic (exact) mass is 182 g/mol. The molecule has 2 nitrogen and oxygen atoms in total. The van der Waals surface area contributed by atoms with Gasteiger partial charge < -0.3 is 10.6 Å². The molecule has 0 saturated carbocycles. The highest BCUT2D eigenvalue weighted by Gasteiger charge is 1.98.